The van der Waals surface area contributed by atoms with Gasteiger partial charge in [-0.25, -0.2) is 17.6 Å². The van der Waals surface area contributed by atoms with E-state index in [1.165, 1.54) is 19.1 Å². The second-order valence-corrected chi connectivity index (χ2v) is 4.41. The Kier molecular flexibility index (Phi) is 3.80. The summed E-state index contributed by atoms with van der Waals surface area (Å²) in [6.45, 7) is 2.95. The highest BCUT2D eigenvalue weighted by Crippen LogP contribution is 2.16. The lowest BCUT2D eigenvalue weighted by Crippen LogP contribution is -1.94. The van der Waals surface area contributed by atoms with Crippen molar-refractivity contribution < 1.29 is 17.6 Å². The molecule has 0 aliphatic rings. The highest BCUT2D eigenvalue weighted by Gasteiger charge is 2.10. The molecule has 0 N–H and O–H groups in total. The van der Waals surface area contributed by atoms with E-state index < -0.39 is 28.8 Å². The molecule has 2 aromatic carbocycles. The van der Waals surface area contributed by atoms with Gasteiger partial charge in [-0.2, -0.15) is 0 Å². The zero-order valence-corrected chi connectivity index (χ0v) is 10.8. The van der Waals surface area contributed by atoms with Crippen molar-refractivity contribution in [2.75, 3.05) is 0 Å². The van der Waals surface area contributed by atoms with Gasteiger partial charge in [0.2, 0.25) is 0 Å². The van der Waals surface area contributed by atoms with Crippen LogP contribution in [0.2, 0.25) is 0 Å². The molecule has 2 aromatic rings. The molecule has 0 aromatic heterocycles. The van der Waals surface area contributed by atoms with Gasteiger partial charge in [-0.1, -0.05) is 17.9 Å². The van der Waals surface area contributed by atoms with Crippen LogP contribution in [0.25, 0.3) is 0 Å². The lowest BCUT2D eigenvalue weighted by molar-refractivity contribution is 0.501. The SMILES string of the molecule is Cc1cc(F)c(C#Cc2ccc(C)c(F)c2F)c(F)c1. The molecule has 2 rings (SSSR count). The third-order valence-electron chi connectivity index (χ3n) is 2.78. The van der Waals surface area contributed by atoms with Crippen LogP contribution in [0.4, 0.5) is 17.6 Å². The second-order valence-electron chi connectivity index (χ2n) is 4.41. The highest BCUT2D eigenvalue weighted by atomic mass is 19.2. The second kappa shape index (κ2) is 5.38. The summed E-state index contributed by atoms with van der Waals surface area (Å²) in [4.78, 5) is 0. The fraction of sp³-hybridized carbons (Fsp3) is 0.125. The Hall–Kier alpha value is -2.28. The van der Waals surface area contributed by atoms with Gasteiger partial charge in [-0.05, 0) is 43.2 Å². The molecule has 0 spiro atoms. The molecule has 20 heavy (non-hydrogen) atoms. The molecule has 0 saturated heterocycles. The quantitative estimate of drug-likeness (QED) is 0.499. The largest absolute Gasteiger partial charge is 0.206 e. The Morgan fingerprint density at radius 3 is 2.00 bits per heavy atom. The van der Waals surface area contributed by atoms with Crippen molar-refractivity contribution in [2.45, 2.75) is 13.8 Å². The van der Waals surface area contributed by atoms with Crippen LogP contribution in [0, 0.1) is 49.0 Å². The van der Waals surface area contributed by atoms with E-state index in [9.17, 15) is 17.6 Å². The van der Waals surface area contributed by atoms with Crippen LogP contribution in [0.1, 0.15) is 22.3 Å². The first kappa shape index (κ1) is 14.1. The van der Waals surface area contributed by atoms with Crippen LogP contribution in [0.15, 0.2) is 24.3 Å². The Bertz CT molecular complexity index is 713. The average Bonchev–Trinajstić information content (AvgIpc) is 2.37. The maximum Gasteiger partial charge on any atom is 0.174 e. The molecule has 0 radical (unpaired) electrons. The molecule has 0 fully saturated rings. The van der Waals surface area contributed by atoms with Gasteiger partial charge in [-0.3, -0.25) is 0 Å². The van der Waals surface area contributed by atoms with E-state index in [1.54, 1.807) is 6.92 Å². The van der Waals surface area contributed by atoms with Gasteiger partial charge in [0.25, 0.3) is 0 Å². The fourth-order valence-corrected chi connectivity index (χ4v) is 1.69. The first-order valence-electron chi connectivity index (χ1n) is 5.82. The zero-order chi connectivity index (χ0) is 14.9. The van der Waals surface area contributed by atoms with Crippen LogP contribution in [-0.2, 0) is 0 Å². The van der Waals surface area contributed by atoms with E-state index in [0.29, 0.717) is 5.56 Å². The average molecular weight is 278 g/mol. The minimum absolute atomic E-state index is 0.140. The van der Waals surface area contributed by atoms with E-state index in [1.807, 2.05) is 0 Å². The van der Waals surface area contributed by atoms with Crippen molar-refractivity contribution in [1.29, 1.82) is 0 Å². The van der Waals surface area contributed by atoms with E-state index in [2.05, 4.69) is 11.8 Å². The van der Waals surface area contributed by atoms with Crippen LogP contribution in [0.5, 0.6) is 0 Å². The summed E-state index contributed by atoms with van der Waals surface area (Å²) in [6, 6.07) is 4.87. The lowest BCUT2D eigenvalue weighted by Gasteiger charge is -2.01. The number of halogens is 4. The van der Waals surface area contributed by atoms with Crippen LogP contribution in [0.3, 0.4) is 0 Å². The molecule has 102 valence electrons. The summed E-state index contributed by atoms with van der Waals surface area (Å²) in [5.41, 5.74) is -0.151. The van der Waals surface area contributed by atoms with Gasteiger partial charge in [0.1, 0.15) is 11.6 Å². The molecule has 0 saturated carbocycles. The van der Waals surface area contributed by atoms with Crippen molar-refractivity contribution in [3.05, 3.63) is 69.8 Å². The van der Waals surface area contributed by atoms with Crippen LogP contribution in [-0.4, -0.2) is 0 Å². The van der Waals surface area contributed by atoms with E-state index in [0.717, 1.165) is 12.1 Å². The number of benzene rings is 2. The predicted molar refractivity (Wildman–Crippen MR) is 68.2 cm³/mol. The number of hydrogen-bond acceptors (Lipinski definition) is 0. The Labute approximate surface area is 114 Å². The first-order valence-corrected chi connectivity index (χ1v) is 5.82. The minimum Gasteiger partial charge on any atom is -0.206 e. The molecular weight excluding hydrogens is 268 g/mol. The third-order valence-corrected chi connectivity index (χ3v) is 2.78. The number of rotatable bonds is 0. The summed E-state index contributed by atoms with van der Waals surface area (Å²) >= 11 is 0. The Morgan fingerprint density at radius 1 is 0.800 bits per heavy atom. The maximum atomic E-state index is 13.6. The van der Waals surface area contributed by atoms with Crippen molar-refractivity contribution >= 4 is 0 Å². The molecule has 0 atom stereocenters. The normalized spacial score (nSPS) is 10.1. The summed E-state index contributed by atoms with van der Waals surface area (Å²) in [6.07, 6.45) is 0. The predicted octanol–water partition coefficient (Wildman–Crippen LogP) is 4.26. The zero-order valence-electron chi connectivity index (χ0n) is 10.8. The minimum atomic E-state index is -1.12. The van der Waals surface area contributed by atoms with Crippen LogP contribution >= 0.6 is 0 Å². The van der Waals surface area contributed by atoms with Gasteiger partial charge in [-0.15, -0.1) is 0 Å². The van der Waals surface area contributed by atoms with Crippen molar-refractivity contribution in [3.8, 4) is 11.8 Å². The summed E-state index contributed by atoms with van der Waals surface area (Å²) in [5.74, 6) is 0.666. The van der Waals surface area contributed by atoms with Gasteiger partial charge in [0, 0.05) is 0 Å². The van der Waals surface area contributed by atoms with Gasteiger partial charge in [0.15, 0.2) is 11.6 Å². The molecule has 0 amide bonds. The monoisotopic (exact) mass is 278 g/mol. The van der Waals surface area contributed by atoms with E-state index in [-0.39, 0.29) is 11.1 Å². The molecule has 0 aliphatic carbocycles. The van der Waals surface area contributed by atoms with Gasteiger partial charge < -0.3 is 0 Å². The van der Waals surface area contributed by atoms with Crippen molar-refractivity contribution in [2.24, 2.45) is 0 Å². The summed E-state index contributed by atoms with van der Waals surface area (Å²) in [7, 11) is 0. The maximum absolute atomic E-state index is 13.6. The van der Waals surface area contributed by atoms with Crippen LogP contribution < -0.4 is 0 Å². The molecule has 0 unspecified atom stereocenters. The smallest absolute Gasteiger partial charge is 0.174 e. The van der Waals surface area contributed by atoms with Gasteiger partial charge in [0.05, 0.1) is 11.1 Å². The number of hydrogen-bond donors (Lipinski definition) is 0. The lowest BCUT2D eigenvalue weighted by atomic mass is 10.1. The standard InChI is InChI=1S/C16H10F4/c1-9-7-13(17)12(14(18)8-9)6-5-11-4-3-10(2)15(19)16(11)20/h3-4,7-8H,1-2H3. The third kappa shape index (κ3) is 2.67. The molecule has 0 heterocycles. The molecule has 4 heteroatoms. The Morgan fingerprint density at radius 2 is 1.40 bits per heavy atom. The van der Waals surface area contributed by atoms with Crippen molar-refractivity contribution in [3.63, 3.8) is 0 Å². The summed E-state index contributed by atoms with van der Waals surface area (Å²) < 4.78 is 54.0. The van der Waals surface area contributed by atoms with E-state index >= 15 is 0 Å². The highest BCUT2D eigenvalue weighted by molar-refractivity contribution is 5.46. The Balaban J connectivity index is 2.50. The first-order chi connectivity index (χ1) is 9.40. The molecular formula is C16H10F4. The van der Waals surface area contributed by atoms with Crippen molar-refractivity contribution in [1.82, 2.24) is 0 Å². The topological polar surface area (TPSA) is 0 Å². The van der Waals surface area contributed by atoms with Gasteiger partial charge >= 0.3 is 0 Å². The molecule has 0 nitrogen and oxygen atoms in total. The fourth-order valence-electron chi connectivity index (χ4n) is 1.69. The molecule has 0 aliphatic heterocycles. The number of aryl methyl sites for hydroxylation is 2. The molecule has 0 bridgehead atoms. The summed E-state index contributed by atoms with van der Waals surface area (Å²) in [5, 5.41) is 0. The van der Waals surface area contributed by atoms with E-state index in [4.69, 9.17) is 0 Å².